The molecule has 0 atom stereocenters. The molecule has 3 aromatic rings. The van der Waals surface area contributed by atoms with E-state index < -0.39 is 0 Å². The Balaban J connectivity index is 1.09. The maximum atomic E-state index is 12.3. The number of thioether (sulfide) groups is 1. The Kier molecular flexibility index (Phi) is 6.49. The average molecular weight is 499 g/mol. The normalized spacial score (nSPS) is 13.6. The number of nitrogens with zero attached hydrogens (tertiary/aromatic N) is 2. The standard InChI is InChI=1S/C22H18N4O6S2/c27-19(6-2-13-1-4-16-17(9-13)32-12-31-16)24-21-25-26-22(34-21)33-11-20(28)23-14-3-5-15-18(10-14)30-8-7-29-15/h1-6,9-10H,7-8,11-12H2,(H,23,28)(H,24,25,27)/b6-2+. The van der Waals surface area contributed by atoms with Crippen LogP contribution < -0.4 is 29.6 Å². The summed E-state index contributed by atoms with van der Waals surface area (Å²) in [6.07, 6.45) is 3.06. The highest BCUT2D eigenvalue weighted by molar-refractivity contribution is 8.01. The van der Waals surface area contributed by atoms with Crippen molar-refractivity contribution < 1.29 is 28.5 Å². The first-order valence-electron chi connectivity index (χ1n) is 10.2. The first-order valence-corrected chi connectivity index (χ1v) is 12.0. The van der Waals surface area contributed by atoms with Crippen LogP contribution in [0.25, 0.3) is 6.08 Å². The fourth-order valence-corrected chi connectivity index (χ4v) is 4.65. The van der Waals surface area contributed by atoms with Crippen molar-refractivity contribution in [1.82, 2.24) is 10.2 Å². The van der Waals surface area contributed by atoms with E-state index in [4.69, 9.17) is 18.9 Å². The number of fused-ring (bicyclic) bond motifs is 2. The minimum atomic E-state index is -0.346. The second-order valence-electron chi connectivity index (χ2n) is 7.00. The number of ether oxygens (including phenoxy) is 4. The number of hydrogen-bond donors (Lipinski definition) is 2. The van der Waals surface area contributed by atoms with Gasteiger partial charge in [0.1, 0.15) is 13.2 Å². The minimum Gasteiger partial charge on any atom is -0.486 e. The quantitative estimate of drug-likeness (QED) is 0.287. The second-order valence-corrected chi connectivity index (χ2v) is 9.20. The molecule has 0 spiro atoms. The molecule has 2 amide bonds. The van der Waals surface area contributed by atoms with E-state index >= 15 is 0 Å². The number of hydrogen-bond acceptors (Lipinski definition) is 10. The van der Waals surface area contributed by atoms with Gasteiger partial charge in [-0.1, -0.05) is 29.2 Å². The van der Waals surface area contributed by atoms with Gasteiger partial charge in [0, 0.05) is 17.8 Å². The number of amides is 2. The van der Waals surface area contributed by atoms with Crippen molar-refractivity contribution in [2.75, 3.05) is 36.4 Å². The van der Waals surface area contributed by atoms with Gasteiger partial charge < -0.3 is 24.3 Å². The zero-order chi connectivity index (χ0) is 23.3. The summed E-state index contributed by atoms with van der Waals surface area (Å²) in [5.41, 5.74) is 1.42. The minimum absolute atomic E-state index is 0.140. The molecule has 174 valence electrons. The molecule has 0 bridgehead atoms. The monoisotopic (exact) mass is 498 g/mol. The van der Waals surface area contributed by atoms with Crippen LogP contribution in [-0.2, 0) is 9.59 Å². The lowest BCUT2D eigenvalue weighted by molar-refractivity contribution is -0.114. The number of aromatic nitrogens is 2. The molecule has 34 heavy (non-hydrogen) atoms. The lowest BCUT2D eigenvalue weighted by Gasteiger charge is -2.18. The number of benzene rings is 2. The van der Waals surface area contributed by atoms with Crippen LogP contribution in [-0.4, -0.2) is 47.8 Å². The number of carbonyl (C=O) groups is 2. The van der Waals surface area contributed by atoms with Gasteiger partial charge >= 0.3 is 0 Å². The Morgan fingerprint density at radius 3 is 2.62 bits per heavy atom. The van der Waals surface area contributed by atoms with Gasteiger partial charge in [-0.2, -0.15) is 0 Å². The van der Waals surface area contributed by atoms with Crippen LogP contribution in [0.4, 0.5) is 10.8 Å². The molecule has 12 heteroatoms. The van der Waals surface area contributed by atoms with Gasteiger partial charge in [-0.15, -0.1) is 10.2 Å². The molecule has 0 saturated heterocycles. The number of rotatable bonds is 7. The number of carbonyl (C=O) groups excluding carboxylic acids is 2. The number of nitrogens with one attached hydrogen (secondary N) is 2. The van der Waals surface area contributed by atoms with E-state index in [9.17, 15) is 9.59 Å². The van der Waals surface area contributed by atoms with Crippen LogP contribution in [0.5, 0.6) is 23.0 Å². The van der Waals surface area contributed by atoms with Crippen molar-refractivity contribution in [1.29, 1.82) is 0 Å². The highest BCUT2D eigenvalue weighted by atomic mass is 32.2. The van der Waals surface area contributed by atoms with Gasteiger partial charge in [0.2, 0.25) is 23.7 Å². The van der Waals surface area contributed by atoms with Crippen LogP contribution in [0.1, 0.15) is 5.56 Å². The largest absolute Gasteiger partial charge is 0.486 e. The summed E-state index contributed by atoms with van der Waals surface area (Å²) in [4.78, 5) is 24.5. The Hall–Kier alpha value is -3.77. The molecule has 0 unspecified atom stereocenters. The molecule has 2 aromatic carbocycles. The maximum Gasteiger partial charge on any atom is 0.250 e. The molecule has 0 radical (unpaired) electrons. The summed E-state index contributed by atoms with van der Waals surface area (Å²) in [7, 11) is 0. The Labute approximate surface area is 202 Å². The fraction of sp³-hybridized carbons (Fsp3) is 0.182. The van der Waals surface area contributed by atoms with Gasteiger partial charge in [-0.05, 0) is 35.9 Å². The molecule has 10 nitrogen and oxygen atoms in total. The van der Waals surface area contributed by atoms with E-state index in [1.165, 1.54) is 29.2 Å². The van der Waals surface area contributed by atoms with Crippen molar-refractivity contribution in [2.24, 2.45) is 0 Å². The van der Waals surface area contributed by atoms with Crippen LogP contribution in [0.2, 0.25) is 0 Å². The number of anilines is 2. The first-order chi connectivity index (χ1) is 16.6. The molecule has 2 N–H and O–H groups in total. The molecule has 5 rings (SSSR count). The summed E-state index contributed by atoms with van der Waals surface area (Å²) >= 11 is 2.42. The van der Waals surface area contributed by atoms with Crippen LogP contribution in [0.15, 0.2) is 46.8 Å². The van der Waals surface area contributed by atoms with Gasteiger partial charge in [-0.3, -0.25) is 14.9 Å². The Morgan fingerprint density at radius 2 is 1.71 bits per heavy atom. The Morgan fingerprint density at radius 1 is 0.941 bits per heavy atom. The predicted molar refractivity (Wildman–Crippen MR) is 127 cm³/mol. The van der Waals surface area contributed by atoms with E-state index in [2.05, 4.69) is 20.8 Å². The molecule has 2 aliphatic rings. The highest BCUT2D eigenvalue weighted by Crippen LogP contribution is 2.34. The average Bonchev–Trinajstić information content (AvgIpc) is 3.50. The smallest absolute Gasteiger partial charge is 0.250 e. The summed E-state index contributed by atoms with van der Waals surface area (Å²) in [6.45, 7) is 1.18. The summed E-state index contributed by atoms with van der Waals surface area (Å²) in [6, 6.07) is 10.7. The molecule has 1 aromatic heterocycles. The zero-order valence-electron chi connectivity index (χ0n) is 17.6. The SMILES string of the molecule is O=C(/C=C/c1ccc2c(c1)OCO2)Nc1nnc(SCC(=O)Nc2ccc3c(c2)OCCO3)s1. The Bertz CT molecular complexity index is 1260. The van der Waals surface area contributed by atoms with Gasteiger partial charge in [0.25, 0.3) is 0 Å². The lowest BCUT2D eigenvalue weighted by Crippen LogP contribution is -2.17. The van der Waals surface area contributed by atoms with Crippen molar-refractivity contribution >= 4 is 51.8 Å². The molecule has 0 saturated carbocycles. The van der Waals surface area contributed by atoms with E-state index in [-0.39, 0.29) is 24.4 Å². The van der Waals surface area contributed by atoms with Crippen LogP contribution >= 0.6 is 23.1 Å². The van der Waals surface area contributed by atoms with Gasteiger partial charge in [0.05, 0.1) is 5.75 Å². The third kappa shape index (κ3) is 5.41. The third-order valence-electron chi connectivity index (χ3n) is 4.61. The van der Waals surface area contributed by atoms with Gasteiger partial charge in [-0.25, -0.2) is 0 Å². The van der Waals surface area contributed by atoms with E-state index in [1.54, 1.807) is 36.4 Å². The molecular formula is C22H18N4O6S2. The second kappa shape index (κ2) is 10.0. The molecule has 2 aliphatic heterocycles. The van der Waals surface area contributed by atoms with E-state index in [0.717, 1.165) is 5.56 Å². The maximum absolute atomic E-state index is 12.3. The molecule has 0 fully saturated rings. The highest BCUT2D eigenvalue weighted by Gasteiger charge is 2.15. The fourth-order valence-electron chi connectivity index (χ4n) is 3.10. The zero-order valence-corrected chi connectivity index (χ0v) is 19.2. The molecule has 0 aliphatic carbocycles. The summed E-state index contributed by atoms with van der Waals surface area (Å²) < 4.78 is 22.1. The van der Waals surface area contributed by atoms with Gasteiger partial charge in [0.15, 0.2) is 27.3 Å². The van der Waals surface area contributed by atoms with Crippen molar-refractivity contribution in [2.45, 2.75) is 4.34 Å². The predicted octanol–water partition coefficient (Wildman–Crippen LogP) is 3.42. The molecular weight excluding hydrogens is 480 g/mol. The van der Waals surface area contributed by atoms with Crippen LogP contribution in [0.3, 0.4) is 0 Å². The third-order valence-corrected chi connectivity index (χ3v) is 6.59. The topological polar surface area (TPSA) is 121 Å². The van der Waals surface area contributed by atoms with E-state index in [1.807, 2.05) is 6.07 Å². The van der Waals surface area contributed by atoms with E-state index in [0.29, 0.717) is 51.4 Å². The molecule has 3 heterocycles. The van der Waals surface area contributed by atoms with Crippen molar-refractivity contribution in [3.05, 3.63) is 48.0 Å². The van der Waals surface area contributed by atoms with Crippen molar-refractivity contribution in [3.63, 3.8) is 0 Å². The summed E-state index contributed by atoms with van der Waals surface area (Å²) in [5.74, 6) is 2.19. The first kappa shape index (κ1) is 22.0. The summed E-state index contributed by atoms with van der Waals surface area (Å²) in [5, 5.41) is 13.8. The van der Waals surface area contributed by atoms with Crippen LogP contribution in [0, 0.1) is 0 Å². The lowest BCUT2D eigenvalue weighted by atomic mass is 10.2. The van der Waals surface area contributed by atoms with Crippen molar-refractivity contribution in [3.8, 4) is 23.0 Å².